The fraction of sp³-hybridized carbons (Fsp3) is 0.286. The smallest absolute Gasteiger partial charge is 0.328 e. The van der Waals surface area contributed by atoms with Gasteiger partial charge in [0.2, 0.25) is 0 Å². The Morgan fingerprint density at radius 1 is 1.35 bits per heavy atom. The lowest BCUT2D eigenvalue weighted by atomic mass is 9.86. The van der Waals surface area contributed by atoms with Crippen LogP contribution in [-0.2, 0) is 16.0 Å². The largest absolute Gasteiger partial charge is 0.508 e. The van der Waals surface area contributed by atoms with Gasteiger partial charge in [0.25, 0.3) is 0 Å². The number of hydrogen-bond acceptors (Lipinski definition) is 4. The quantitative estimate of drug-likeness (QED) is 0.463. The highest BCUT2D eigenvalue weighted by atomic mass is 16.5. The third-order valence-electron chi connectivity index (χ3n) is 4.54. The van der Waals surface area contributed by atoms with Crippen molar-refractivity contribution in [3.63, 3.8) is 0 Å². The molecule has 136 valence electrons. The van der Waals surface area contributed by atoms with E-state index in [1.54, 1.807) is 18.2 Å². The normalized spacial score (nSPS) is 18.3. The Morgan fingerprint density at radius 2 is 2.15 bits per heavy atom. The molecule has 0 saturated heterocycles. The van der Waals surface area contributed by atoms with E-state index in [-0.39, 0.29) is 11.7 Å². The monoisotopic (exact) mass is 354 g/mol. The summed E-state index contributed by atoms with van der Waals surface area (Å²) in [5.74, 6) is 0.798. The second kappa shape index (κ2) is 7.52. The number of methoxy groups -OCH3 is 1. The molecule has 0 radical (unpaired) electrons. The third kappa shape index (κ3) is 3.82. The number of aryl methyl sites for hydroxylation is 1. The number of aromatic hydroxyl groups is 1. The molecule has 5 nitrogen and oxygen atoms in total. The predicted octanol–water partition coefficient (Wildman–Crippen LogP) is 4.68. The SMILES string of the molecule is COC(=C\C(C)=C\C1CCCc2c1oc1ccc(O)cc21)/C=C/C(=O)O. The number of phenols is 1. The lowest BCUT2D eigenvalue weighted by Gasteiger charge is -2.18. The highest BCUT2D eigenvalue weighted by molar-refractivity contribution is 5.84. The van der Waals surface area contributed by atoms with E-state index in [0.29, 0.717) is 5.76 Å². The van der Waals surface area contributed by atoms with E-state index in [4.69, 9.17) is 14.3 Å². The summed E-state index contributed by atoms with van der Waals surface area (Å²) in [6.07, 6.45) is 9.37. The molecule has 2 N–H and O–H groups in total. The summed E-state index contributed by atoms with van der Waals surface area (Å²) < 4.78 is 11.3. The Hall–Kier alpha value is -2.95. The zero-order chi connectivity index (χ0) is 18.7. The van der Waals surface area contributed by atoms with Crippen LogP contribution >= 0.6 is 0 Å². The molecule has 1 heterocycles. The van der Waals surface area contributed by atoms with E-state index in [1.165, 1.54) is 13.2 Å². The molecule has 1 unspecified atom stereocenters. The number of benzene rings is 1. The first kappa shape index (κ1) is 17.9. The average Bonchev–Trinajstić information content (AvgIpc) is 2.97. The zero-order valence-electron chi connectivity index (χ0n) is 14.9. The number of ether oxygens (including phenoxy) is 1. The van der Waals surface area contributed by atoms with Gasteiger partial charge in [-0.05, 0) is 56.5 Å². The number of allylic oxidation sites excluding steroid dienone is 4. The van der Waals surface area contributed by atoms with Crippen molar-refractivity contribution in [1.29, 1.82) is 0 Å². The Bertz CT molecular complexity index is 914. The van der Waals surface area contributed by atoms with Crippen LogP contribution in [0.4, 0.5) is 0 Å². The maximum atomic E-state index is 10.7. The van der Waals surface area contributed by atoms with Gasteiger partial charge < -0.3 is 19.4 Å². The maximum Gasteiger partial charge on any atom is 0.328 e. The lowest BCUT2D eigenvalue weighted by molar-refractivity contribution is -0.131. The summed E-state index contributed by atoms with van der Waals surface area (Å²) in [5, 5.41) is 19.5. The molecule has 0 fully saturated rings. The van der Waals surface area contributed by atoms with Crippen molar-refractivity contribution >= 4 is 16.9 Å². The Kier molecular flexibility index (Phi) is 5.16. The summed E-state index contributed by atoms with van der Waals surface area (Å²) in [6.45, 7) is 1.95. The van der Waals surface area contributed by atoms with Gasteiger partial charge >= 0.3 is 5.97 Å². The van der Waals surface area contributed by atoms with Gasteiger partial charge in [-0.15, -0.1) is 0 Å². The van der Waals surface area contributed by atoms with Crippen LogP contribution in [0.3, 0.4) is 0 Å². The molecule has 3 rings (SSSR count). The van der Waals surface area contributed by atoms with Crippen LogP contribution in [0, 0.1) is 0 Å². The second-order valence-corrected chi connectivity index (χ2v) is 6.46. The zero-order valence-corrected chi connectivity index (χ0v) is 14.9. The molecule has 2 aromatic rings. The Labute approximate surface area is 151 Å². The van der Waals surface area contributed by atoms with E-state index >= 15 is 0 Å². The molecule has 5 heteroatoms. The number of carbonyl (C=O) groups is 1. The first-order valence-corrected chi connectivity index (χ1v) is 8.57. The molecule has 0 aliphatic heterocycles. The van der Waals surface area contributed by atoms with Crippen LogP contribution in [0.5, 0.6) is 5.75 Å². The van der Waals surface area contributed by atoms with Crippen LogP contribution in [-0.4, -0.2) is 23.3 Å². The summed E-state index contributed by atoms with van der Waals surface area (Å²) in [6, 6.07) is 5.20. The number of fused-ring (bicyclic) bond motifs is 3. The van der Waals surface area contributed by atoms with Crippen LogP contribution in [0.25, 0.3) is 11.0 Å². The molecule has 0 amide bonds. The van der Waals surface area contributed by atoms with E-state index in [9.17, 15) is 9.90 Å². The molecule has 1 aromatic carbocycles. The van der Waals surface area contributed by atoms with E-state index in [1.807, 2.05) is 13.0 Å². The first-order chi connectivity index (χ1) is 12.5. The number of carboxylic acids is 1. The topological polar surface area (TPSA) is 79.9 Å². The van der Waals surface area contributed by atoms with Crippen LogP contribution < -0.4 is 0 Å². The molecule has 1 atom stereocenters. The highest BCUT2D eigenvalue weighted by Crippen LogP contribution is 2.40. The van der Waals surface area contributed by atoms with Crippen LogP contribution in [0.15, 0.2) is 58.3 Å². The van der Waals surface area contributed by atoms with Crippen LogP contribution in [0.2, 0.25) is 0 Å². The van der Waals surface area contributed by atoms with E-state index < -0.39 is 5.97 Å². The summed E-state index contributed by atoms with van der Waals surface area (Å²) in [5.41, 5.74) is 2.93. The second-order valence-electron chi connectivity index (χ2n) is 6.46. The number of aliphatic carboxylic acids is 1. The summed E-state index contributed by atoms with van der Waals surface area (Å²) in [4.78, 5) is 10.7. The van der Waals surface area contributed by atoms with Crippen molar-refractivity contribution < 1.29 is 24.2 Å². The van der Waals surface area contributed by atoms with Gasteiger partial charge in [-0.2, -0.15) is 0 Å². The van der Waals surface area contributed by atoms with Gasteiger partial charge in [0.05, 0.1) is 7.11 Å². The standard InChI is InChI=1S/C21H22O5/c1-13(11-16(25-2)7-9-20(23)24)10-14-4-3-5-17-18-12-15(22)6-8-19(18)26-21(14)17/h6-12,14,22H,3-5H2,1-2H3,(H,23,24)/b9-7+,13-10+,16-11-. The number of carboxylic acid groups (broad SMARTS) is 1. The summed E-state index contributed by atoms with van der Waals surface area (Å²) >= 11 is 0. The van der Waals surface area contributed by atoms with Crippen molar-refractivity contribution in [2.45, 2.75) is 32.1 Å². The van der Waals surface area contributed by atoms with Crippen molar-refractivity contribution in [2.24, 2.45) is 0 Å². The number of rotatable bonds is 5. The fourth-order valence-electron chi connectivity index (χ4n) is 3.42. The van der Waals surface area contributed by atoms with Gasteiger partial charge in [-0.3, -0.25) is 0 Å². The average molecular weight is 354 g/mol. The van der Waals surface area contributed by atoms with Gasteiger partial charge in [0.15, 0.2) is 0 Å². The number of furan rings is 1. The number of hydrogen-bond donors (Lipinski definition) is 2. The Balaban J connectivity index is 1.92. The van der Waals surface area contributed by atoms with Gasteiger partial charge in [0, 0.05) is 22.9 Å². The van der Waals surface area contributed by atoms with E-state index in [0.717, 1.165) is 53.2 Å². The molecule has 0 bridgehead atoms. The molecule has 26 heavy (non-hydrogen) atoms. The first-order valence-electron chi connectivity index (χ1n) is 8.57. The third-order valence-corrected chi connectivity index (χ3v) is 4.54. The Morgan fingerprint density at radius 3 is 2.88 bits per heavy atom. The minimum Gasteiger partial charge on any atom is -0.508 e. The number of phenolic OH excluding ortho intramolecular Hbond substituents is 1. The minimum atomic E-state index is -1.02. The molecule has 0 saturated carbocycles. The summed E-state index contributed by atoms with van der Waals surface area (Å²) in [7, 11) is 1.51. The minimum absolute atomic E-state index is 0.145. The molecular formula is C21H22O5. The van der Waals surface area contributed by atoms with Crippen molar-refractivity contribution in [3.8, 4) is 5.75 Å². The van der Waals surface area contributed by atoms with E-state index in [2.05, 4.69) is 6.08 Å². The molecular weight excluding hydrogens is 332 g/mol. The maximum absolute atomic E-state index is 10.7. The van der Waals surface area contributed by atoms with Crippen LogP contribution in [0.1, 0.15) is 37.0 Å². The van der Waals surface area contributed by atoms with Gasteiger partial charge in [0.1, 0.15) is 22.9 Å². The fourth-order valence-corrected chi connectivity index (χ4v) is 3.42. The molecule has 1 aromatic heterocycles. The predicted molar refractivity (Wildman–Crippen MR) is 99.2 cm³/mol. The van der Waals surface area contributed by atoms with Gasteiger partial charge in [-0.25, -0.2) is 4.79 Å². The molecule has 1 aliphatic carbocycles. The van der Waals surface area contributed by atoms with Crippen molar-refractivity contribution in [2.75, 3.05) is 7.11 Å². The lowest BCUT2D eigenvalue weighted by Crippen LogP contribution is -2.06. The van der Waals surface area contributed by atoms with Crippen molar-refractivity contribution in [3.05, 3.63) is 65.2 Å². The van der Waals surface area contributed by atoms with Crippen molar-refractivity contribution in [1.82, 2.24) is 0 Å². The highest BCUT2D eigenvalue weighted by Gasteiger charge is 2.25. The molecule has 0 spiro atoms. The molecule has 1 aliphatic rings. The van der Waals surface area contributed by atoms with Gasteiger partial charge in [-0.1, -0.05) is 11.6 Å².